The zero-order chi connectivity index (χ0) is 4.99. The van der Waals surface area contributed by atoms with Crippen LogP contribution >= 0.6 is 0 Å². The van der Waals surface area contributed by atoms with E-state index in [9.17, 15) is 4.79 Å². The average Bonchev–Trinajstić information content (AvgIpc) is 1.35. The molecular formula is C4H8O2Rf. The zero-order valence-electron chi connectivity index (χ0n) is 4.48. The molecule has 0 saturated carbocycles. The minimum Gasteiger partial charge on any atom is -0.481 e. The van der Waals surface area contributed by atoms with Gasteiger partial charge in [-0.25, -0.2) is 0 Å². The predicted molar refractivity (Wildman–Crippen MR) is 22.5 cm³/mol. The molecule has 0 fully saturated rings. The summed E-state index contributed by atoms with van der Waals surface area (Å²) in [5.74, 6) is -0.711. The van der Waals surface area contributed by atoms with E-state index >= 15 is 0 Å². The van der Waals surface area contributed by atoms with Crippen LogP contribution in [0.1, 0.15) is 19.8 Å². The molecule has 0 aliphatic rings. The van der Waals surface area contributed by atoms with Crippen molar-refractivity contribution in [2.24, 2.45) is 0 Å². The summed E-state index contributed by atoms with van der Waals surface area (Å²) in [6, 6.07) is 0. The van der Waals surface area contributed by atoms with Crippen molar-refractivity contribution in [3.63, 3.8) is 0 Å². The first-order chi connectivity index (χ1) is 2.77. The molecule has 0 heterocycles. The molecule has 1 N–H and O–H groups in total. The Kier molecular flexibility index (Phi) is 5.80. The van der Waals surface area contributed by atoms with Crippen molar-refractivity contribution in [3.05, 3.63) is 0 Å². The molecule has 0 aromatic carbocycles. The van der Waals surface area contributed by atoms with Crippen LogP contribution in [-0.2, 0) is 4.79 Å². The van der Waals surface area contributed by atoms with Crippen LogP contribution in [0.15, 0.2) is 0 Å². The molecule has 0 radical (unpaired) electrons. The Morgan fingerprint density at radius 3 is 2.14 bits per heavy atom. The third-order valence-corrected chi connectivity index (χ3v) is 0.464. The molecule has 0 unspecified atom stereocenters. The van der Waals surface area contributed by atoms with Crippen molar-refractivity contribution in [2.75, 3.05) is 0 Å². The van der Waals surface area contributed by atoms with Gasteiger partial charge in [-0.2, -0.15) is 0 Å². The molecule has 0 saturated heterocycles. The summed E-state index contributed by atoms with van der Waals surface area (Å²) in [5.41, 5.74) is 0. The quantitative estimate of drug-likeness (QED) is 0.799. The molecule has 3 heteroatoms. The molecule has 0 aromatic rings. The van der Waals surface area contributed by atoms with Gasteiger partial charge in [0.05, 0.1) is 0 Å². The van der Waals surface area contributed by atoms with E-state index in [1.807, 2.05) is 6.92 Å². The van der Waals surface area contributed by atoms with Gasteiger partial charge in [0.1, 0.15) is 0 Å². The predicted octanol–water partition coefficient (Wildman–Crippen LogP) is 0.871. The zero-order valence-corrected chi connectivity index (χ0v) is 10.9. The van der Waals surface area contributed by atoms with Crippen LogP contribution in [0.5, 0.6) is 0 Å². The van der Waals surface area contributed by atoms with Gasteiger partial charge in [0.25, 0.3) is 0 Å². The average molecular weight is 355 g/mol. The normalized spacial score (nSPS) is 7.00. The van der Waals surface area contributed by atoms with Crippen molar-refractivity contribution in [3.8, 4) is 0 Å². The van der Waals surface area contributed by atoms with E-state index in [2.05, 4.69) is 0 Å². The number of aliphatic carboxylic acids is 1. The fourth-order valence-electron chi connectivity index (χ4n) is 0.214. The Morgan fingerprint density at radius 2 is 2.14 bits per heavy atom. The molecule has 0 aliphatic carbocycles. The van der Waals surface area contributed by atoms with Gasteiger partial charge < -0.3 is 5.11 Å². The molecule has 0 aliphatic heterocycles. The fourth-order valence-corrected chi connectivity index (χ4v) is 0.214. The molecule has 2 nitrogen and oxygen atoms in total. The Morgan fingerprint density at radius 1 is 1.71 bits per heavy atom. The topological polar surface area (TPSA) is 37.3 Å². The minimum atomic E-state index is -0.711. The Hall–Kier alpha value is -1.53. The van der Waals surface area contributed by atoms with Gasteiger partial charge in [-0.05, 0) is 6.42 Å². The molecule has 7 heavy (non-hydrogen) atoms. The van der Waals surface area contributed by atoms with E-state index < -0.39 is 5.97 Å². The van der Waals surface area contributed by atoms with Crippen LogP contribution < -0.4 is 0 Å². The first-order valence-corrected chi connectivity index (χ1v) is 1.99. The van der Waals surface area contributed by atoms with Crippen LogP contribution in [0, 0.1) is 0 Å². The maximum atomic E-state index is 9.60. The number of carbonyl (C=O) groups is 1. The largest absolute Gasteiger partial charge is 0.481 e. The molecular weight excluding hydrogens is 347 g/mol. The van der Waals surface area contributed by atoms with Crippen LogP contribution in [-0.4, -0.2) is 11.1 Å². The molecule has 38 valence electrons. The maximum absolute atomic E-state index is 9.60. The van der Waals surface area contributed by atoms with E-state index in [0.29, 0.717) is 6.42 Å². The van der Waals surface area contributed by atoms with Gasteiger partial charge in [-0.15, -0.1) is 0 Å². The summed E-state index contributed by atoms with van der Waals surface area (Å²) >= 11 is 0. The molecule has 0 atom stereocenters. The van der Waals surface area contributed by atoms with Crippen molar-refractivity contribution in [1.82, 2.24) is 0 Å². The van der Waals surface area contributed by atoms with Crippen molar-refractivity contribution >= 4 is 5.97 Å². The van der Waals surface area contributed by atoms with Crippen molar-refractivity contribution in [2.45, 2.75) is 19.8 Å². The van der Waals surface area contributed by atoms with Crippen molar-refractivity contribution < 1.29 is 9.90 Å². The Balaban J connectivity index is 0. The second kappa shape index (κ2) is 4.47. The van der Waals surface area contributed by atoms with Gasteiger partial charge in [0.2, 0.25) is 0 Å². The molecule has 0 amide bonds. The monoisotopic (exact) mass is 355 g/mol. The third-order valence-electron chi connectivity index (χ3n) is 0.464. The summed E-state index contributed by atoms with van der Waals surface area (Å²) in [4.78, 5) is 9.60. The first-order valence-electron chi connectivity index (χ1n) is 1.99. The Labute approximate surface area is 36.8 Å². The standard InChI is InChI=1S/C4H8O2.Rf/c1-2-3-4(5)6;/h2-3H2,1H3,(H,5,6);. The van der Waals surface area contributed by atoms with E-state index in [1.165, 1.54) is 0 Å². The number of carboxylic acids is 1. The van der Waals surface area contributed by atoms with E-state index in [0.717, 1.165) is 6.42 Å². The number of rotatable bonds is 2. The van der Waals surface area contributed by atoms with Crippen LogP contribution in [0.3, 0.4) is 0 Å². The minimum absolute atomic E-state index is 0. The molecule has 0 rings (SSSR count). The van der Waals surface area contributed by atoms with Gasteiger partial charge in [0.15, 0.2) is 0 Å². The second-order valence-electron chi connectivity index (χ2n) is 1.14. The van der Waals surface area contributed by atoms with Crippen LogP contribution in [0.2, 0.25) is 0 Å². The SMILES string of the molecule is CCCC(=O)O.[Rf]. The number of hydrogen-bond acceptors (Lipinski definition) is 1. The summed E-state index contributed by atoms with van der Waals surface area (Å²) in [6.07, 6.45) is 1.02. The van der Waals surface area contributed by atoms with Crippen molar-refractivity contribution in [1.29, 1.82) is 0 Å². The molecule has 0 bridgehead atoms. The molecule has 0 spiro atoms. The van der Waals surface area contributed by atoms with Gasteiger partial charge in [-0.3, -0.25) is 4.79 Å². The maximum Gasteiger partial charge on any atom is 0.303 e. The first kappa shape index (κ1) is 9.08. The fraction of sp³-hybridized carbons (Fsp3) is 0.750. The van der Waals surface area contributed by atoms with Crippen LogP contribution in [0.25, 0.3) is 0 Å². The summed E-state index contributed by atoms with van der Waals surface area (Å²) < 4.78 is 0. The summed E-state index contributed by atoms with van der Waals surface area (Å²) in [5, 5.41) is 7.91. The Bertz CT molecular complexity index is 53.7. The van der Waals surface area contributed by atoms with Gasteiger partial charge in [0, 0.05) is 6.42 Å². The third kappa shape index (κ3) is 12.6. The number of hydrogen-bond donors (Lipinski definition) is 1. The van der Waals surface area contributed by atoms with Gasteiger partial charge in [-0.1, -0.05) is 6.92 Å². The van der Waals surface area contributed by atoms with E-state index in [1.54, 1.807) is 0 Å². The van der Waals surface area contributed by atoms with E-state index in [4.69, 9.17) is 5.11 Å². The number of carboxylic acid groups (broad SMARTS) is 1. The van der Waals surface area contributed by atoms with E-state index in [-0.39, 0.29) is 0 Å². The summed E-state index contributed by atoms with van der Waals surface area (Å²) in [6.45, 7) is 1.84. The summed E-state index contributed by atoms with van der Waals surface area (Å²) in [7, 11) is 0. The second-order valence-corrected chi connectivity index (χ2v) is 1.14. The van der Waals surface area contributed by atoms with Crippen LogP contribution in [0.4, 0.5) is 0 Å². The van der Waals surface area contributed by atoms with Gasteiger partial charge >= 0.3 is 5.97 Å². The smallest absolute Gasteiger partial charge is 0.303 e. The molecule has 0 aromatic heterocycles.